The van der Waals surface area contributed by atoms with Gasteiger partial charge in [0.05, 0.1) is 5.69 Å². The molecule has 0 bridgehead atoms. The molecule has 0 unspecified atom stereocenters. The lowest BCUT2D eigenvalue weighted by Crippen LogP contribution is -2.10. The largest absolute Gasteiger partial charge is 0.446 e. The highest BCUT2D eigenvalue weighted by Gasteiger charge is 2.02. The number of hydrogen-bond acceptors (Lipinski definition) is 3. The van der Waals surface area contributed by atoms with Gasteiger partial charge >= 0.3 is 5.76 Å². The van der Waals surface area contributed by atoms with Gasteiger partial charge in [0.15, 0.2) is 0 Å². The van der Waals surface area contributed by atoms with Gasteiger partial charge in [0, 0.05) is 5.02 Å². The van der Waals surface area contributed by atoms with Crippen LogP contribution in [-0.2, 0) is 0 Å². The molecule has 0 aliphatic carbocycles. The van der Waals surface area contributed by atoms with Crippen molar-refractivity contribution in [1.82, 2.24) is 9.72 Å². The third-order valence-electron chi connectivity index (χ3n) is 1.58. The van der Waals surface area contributed by atoms with Crippen molar-refractivity contribution in [2.45, 2.75) is 0 Å². The first-order valence-electron chi connectivity index (χ1n) is 3.56. The standard InChI is InChI=1S/C8H5ClN2O2/c9-6-2-1-3-7(4-6)11-5-10-13-8(11)12/h1-5H. The average molecular weight is 197 g/mol. The Hall–Kier alpha value is -1.55. The number of benzene rings is 1. The minimum absolute atomic E-state index is 0.526. The summed E-state index contributed by atoms with van der Waals surface area (Å²) in [5, 5.41) is 3.92. The molecule has 0 radical (unpaired) electrons. The third-order valence-corrected chi connectivity index (χ3v) is 1.81. The lowest BCUT2D eigenvalue weighted by atomic mass is 10.3. The van der Waals surface area contributed by atoms with Crippen molar-refractivity contribution in [1.29, 1.82) is 0 Å². The SMILES string of the molecule is O=c1oncn1-c1cccc(Cl)c1. The molecule has 2 rings (SSSR count). The Morgan fingerprint density at radius 3 is 2.92 bits per heavy atom. The molecule has 0 amide bonds. The molecule has 0 spiro atoms. The fourth-order valence-corrected chi connectivity index (χ4v) is 1.19. The number of nitrogens with zero attached hydrogens (tertiary/aromatic N) is 2. The number of halogens is 1. The Labute approximate surface area is 78.3 Å². The lowest BCUT2D eigenvalue weighted by Gasteiger charge is -1.97. The number of hydrogen-bond donors (Lipinski definition) is 0. The van der Waals surface area contributed by atoms with Crippen molar-refractivity contribution in [3.05, 3.63) is 46.2 Å². The van der Waals surface area contributed by atoms with Crippen LogP contribution in [0.1, 0.15) is 0 Å². The van der Waals surface area contributed by atoms with Crippen molar-refractivity contribution in [2.75, 3.05) is 0 Å². The Kier molecular flexibility index (Phi) is 1.90. The van der Waals surface area contributed by atoms with Gasteiger partial charge in [-0.05, 0) is 18.2 Å². The monoisotopic (exact) mass is 196 g/mol. The van der Waals surface area contributed by atoms with Crippen LogP contribution in [0.15, 0.2) is 39.9 Å². The summed E-state index contributed by atoms with van der Waals surface area (Å²) in [6.07, 6.45) is 1.30. The molecule has 5 heteroatoms. The Morgan fingerprint density at radius 1 is 1.46 bits per heavy atom. The van der Waals surface area contributed by atoms with Crippen molar-refractivity contribution >= 4 is 11.6 Å². The molecule has 1 heterocycles. The van der Waals surface area contributed by atoms with Gasteiger partial charge in [-0.2, -0.15) is 0 Å². The summed E-state index contributed by atoms with van der Waals surface area (Å²) < 4.78 is 5.64. The molecule has 13 heavy (non-hydrogen) atoms. The van der Waals surface area contributed by atoms with Crippen LogP contribution >= 0.6 is 11.6 Å². The highest BCUT2D eigenvalue weighted by molar-refractivity contribution is 6.30. The zero-order valence-electron chi connectivity index (χ0n) is 6.48. The summed E-state index contributed by atoms with van der Waals surface area (Å²) in [5.41, 5.74) is 0.638. The third kappa shape index (κ3) is 1.48. The molecule has 0 fully saturated rings. The molecular weight excluding hydrogens is 192 g/mol. The van der Waals surface area contributed by atoms with E-state index in [2.05, 4.69) is 9.68 Å². The minimum Gasteiger partial charge on any atom is -0.296 e. The maximum atomic E-state index is 11.0. The second-order valence-corrected chi connectivity index (χ2v) is 2.86. The van der Waals surface area contributed by atoms with Crippen LogP contribution in [0.5, 0.6) is 0 Å². The van der Waals surface area contributed by atoms with Crippen LogP contribution in [0, 0.1) is 0 Å². The summed E-state index contributed by atoms with van der Waals surface area (Å²) in [4.78, 5) is 11.0. The number of rotatable bonds is 1. The van der Waals surface area contributed by atoms with E-state index in [0.29, 0.717) is 10.7 Å². The van der Waals surface area contributed by atoms with Crippen molar-refractivity contribution in [3.63, 3.8) is 0 Å². The van der Waals surface area contributed by atoms with E-state index in [1.807, 2.05) is 0 Å². The van der Waals surface area contributed by atoms with Crippen molar-refractivity contribution < 1.29 is 4.52 Å². The van der Waals surface area contributed by atoms with E-state index in [1.54, 1.807) is 24.3 Å². The van der Waals surface area contributed by atoms with Crippen LogP contribution < -0.4 is 5.76 Å². The smallest absolute Gasteiger partial charge is 0.296 e. The Bertz CT molecular complexity index is 475. The highest BCUT2D eigenvalue weighted by Crippen LogP contribution is 2.12. The van der Waals surface area contributed by atoms with Crippen molar-refractivity contribution in [3.8, 4) is 5.69 Å². The molecule has 0 saturated carbocycles. The summed E-state index contributed by atoms with van der Waals surface area (Å²) in [5.74, 6) is -0.526. The first-order valence-corrected chi connectivity index (χ1v) is 3.94. The van der Waals surface area contributed by atoms with E-state index in [4.69, 9.17) is 11.6 Å². The molecule has 4 nitrogen and oxygen atoms in total. The molecule has 1 aromatic carbocycles. The van der Waals surface area contributed by atoms with Gasteiger partial charge in [0.1, 0.15) is 6.33 Å². The molecule has 1 aromatic heterocycles. The highest BCUT2D eigenvalue weighted by atomic mass is 35.5. The van der Waals surface area contributed by atoms with Crippen LogP contribution in [0.3, 0.4) is 0 Å². The average Bonchev–Trinajstić information content (AvgIpc) is 2.51. The van der Waals surface area contributed by atoms with E-state index in [0.717, 1.165) is 0 Å². The summed E-state index contributed by atoms with van der Waals surface area (Å²) >= 11 is 5.75. The van der Waals surface area contributed by atoms with Gasteiger partial charge in [-0.25, -0.2) is 9.36 Å². The predicted molar refractivity (Wildman–Crippen MR) is 47.1 cm³/mol. The van der Waals surface area contributed by atoms with Crippen LogP contribution in [0.25, 0.3) is 5.69 Å². The zero-order valence-corrected chi connectivity index (χ0v) is 7.23. The summed E-state index contributed by atoms with van der Waals surface area (Å²) in [6, 6.07) is 6.87. The molecule has 0 aliphatic rings. The maximum absolute atomic E-state index is 11.0. The second kappa shape index (κ2) is 3.06. The van der Waals surface area contributed by atoms with Crippen molar-refractivity contribution in [2.24, 2.45) is 0 Å². The normalized spacial score (nSPS) is 10.2. The summed E-state index contributed by atoms with van der Waals surface area (Å²) in [6.45, 7) is 0. The van der Waals surface area contributed by atoms with Gasteiger partial charge in [0.2, 0.25) is 0 Å². The summed E-state index contributed by atoms with van der Waals surface area (Å²) in [7, 11) is 0. The molecule has 0 N–H and O–H groups in total. The zero-order chi connectivity index (χ0) is 9.26. The first-order chi connectivity index (χ1) is 6.27. The van der Waals surface area contributed by atoms with E-state index >= 15 is 0 Å². The molecule has 0 saturated heterocycles. The molecular formula is C8H5ClN2O2. The maximum Gasteiger partial charge on any atom is 0.446 e. The van der Waals surface area contributed by atoms with E-state index in [-0.39, 0.29) is 0 Å². The second-order valence-electron chi connectivity index (χ2n) is 2.43. The van der Waals surface area contributed by atoms with Gasteiger partial charge in [-0.1, -0.05) is 22.8 Å². The topological polar surface area (TPSA) is 48.0 Å². The van der Waals surface area contributed by atoms with Crippen LogP contribution in [0.2, 0.25) is 5.02 Å². The molecule has 2 aromatic rings. The molecule has 0 atom stereocenters. The van der Waals surface area contributed by atoms with Crippen LogP contribution in [0.4, 0.5) is 0 Å². The fraction of sp³-hybridized carbons (Fsp3) is 0. The Balaban J connectivity index is 2.59. The lowest BCUT2D eigenvalue weighted by molar-refractivity contribution is 0.382. The van der Waals surface area contributed by atoms with Gasteiger partial charge in [0.25, 0.3) is 0 Å². The molecule has 0 aliphatic heterocycles. The van der Waals surface area contributed by atoms with Gasteiger partial charge in [-0.3, -0.25) is 4.52 Å². The van der Waals surface area contributed by atoms with E-state index < -0.39 is 5.76 Å². The molecule has 66 valence electrons. The van der Waals surface area contributed by atoms with Gasteiger partial charge in [-0.15, -0.1) is 0 Å². The van der Waals surface area contributed by atoms with Crippen LogP contribution in [-0.4, -0.2) is 9.72 Å². The quantitative estimate of drug-likeness (QED) is 0.694. The predicted octanol–water partition coefficient (Wildman–Crippen LogP) is 1.48. The first kappa shape index (κ1) is 8.07. The Morgan fingerprint density at radius 2 is 2.31 bits per heavy atom. The minimum atomic E-state index is -0.526. The number of aromatic nitrogens is 2. The van der Waals surface area contributed by atoms with E-state index in [9.17, 15) is 4.79 Å². The fourth-order valence-electron chi connectivity index (χ4n) is 1.00. The van der Waals surface area contributed by atoms with Gasteiger partial charge < -0.3 is 0 Å². The van der Waals surface area contributed by atoms with E-state index in [1.165, 1.54) is 10.9 Å².